The van der Waals surface area contributed by atoms with Gasteiger partial charge in [0.15, 0.2) is 0 Å². The molecule has 0 saturated carbocycles. The molecule has 1 heterocycles. The number of likely N-dealkylation sites (tertiary alicyclic amines) is 1. The summed E-state index contributed by atoms with van der Waals surface area (Å²) < 4.78 is 0. The van der Waals surface area contributed by atoms with E-state index in [2.05, 4.69) is 10.5 Å². The number of nitrogens with one attached hydrogen (secondary N) is 1. The fraction of sp³-hybridized carbons (Fsp3) is 0.235. The van der Waals surface area contributed by atoms with Crippen molar-refractivity contribution in [1.82, 2.24) is 10.3 Å². The summed E-state index contributed by atoms with van der Waals surface area (Å²) in [4.78, 5) is 24.7. The molecule has 2 aromatic rings. The first-order chi connectivity index (χ1) is 11.1. The maximum absolute atomic E-state index is 12.0. The highest BCUT2D eigenvalue weighted by molar-refractivity contribution is 6.02. The second kappa shape index (κ2) is 6.48. The first kappa shape index (κ1) is 15.0. The molecule has 1 aliphatic rings. The number of piperidine rings is 1. The maximum Gasteiger partial charge on any atom is 0.337 e. The van der Waals surface area contributed by atoms with Crippen molar-refractivity contribution in [2.45, 2.75) is 12.8 Å². The smallest absolute Gasteiger partial charge is 0.337 e. The highest BCUT2D eigenvalue weighted by Gasteiger charge is 2.20. The molecule has 0 atom stereocenters. The van der Waals surface area contributed by atoms with Crippen molar-refractivity contribution in [3.05, 3.63) is 42.0 Å². The van der Waals surface area contributed by atoms with Crippen LogP contribution in [0, 0.1) is 0 Å². The van der Waals surface area contributed by atoms with Gasteiger partial charge in [-0.3, -0.25) is 4.79 Å². The van der Waals surface area contributed by atoms with Crippen molar-refractivity contribution < 1.29 is 14.7 Å². The molecule has 2 amide bonds. The number of Topliss-reactive ketones (excluding diaryl/α,β-unsaturated/α-hetero) is 1. The van der Waals surface area contributed by atoms with Gasteiger partial charge in [-0.25, -0.2) is 10.2 Å². The van der Waals surface area contributed by atoms with Gasteiger partial charge < -0.3 is 10.0 Å². The minimum atomic E-state index is -0.339. The molecule has 2 N–H and O–H groups in total. The fourth-order valence-corrected chi connectivity index (χ4v) is 2.60. The largest absolute Gasteiger partial charge is 0.507 e. The van der Waals surface area contributed by atoms with Crippen LogP contribution in [0.25, 0.3) is 10.8 Å². The molecule has 0 aliphatic carbocycles. The van der Waals surface area contributed by atoms with Crippen LogP contribution >= 0.6 is 0 Å². The van der Waals surface area contributed by atoms with E-state index in [0.29, 0.717) is 31.5 Å². The molecule has 0 aromatic heterocycles. The Kier molecular flexibility index (Phi) is 4.23. The van der Waals surface area contributed by atoms with Gasteiger partial charge in [-0.15, -0.1) is 0 Å². The Morgan fingerprint density at radius 3 is 2.70 bits per heavy atom. The SMILES string of the molecule is O=C1CCN(C(=O)N/N=C/c2c(O)ccc3ccccc23)CC1. The molecule has 1 aliphatic heterocycles. The quantitative estimate of drug-likeness (QED) is 0.659. The number of ketones is 1. The molecule has 6 nitrogen and oxygen atoms in total. The number of hydrogen-bond donors (Lipinski definition) is 2. The number of hydrogen-bond acceptors (Lipinski definition) is 4. The third-order valence-corrected chi connectivity index (χ3v) is 3.91. The Labute approximate surface area is 133 Å². The summed E-state index contributed by atoms with van der Waals surface area (Å²) in [6.07, 6.45) is 2.22. The van der Waals surface area contributed by atoms with Gasteiger partial charge in [-0.2, -0.15) is 5.10 Å². The highest BCUT2D eigenvalue weighted by Crippen LogP contribution is 2.25. The van der Waals surface area contributed by atoms with Crippen LogP contribution in [0.1, 0.15) is 18.4 Å². The molecule has 3 rings (SSSR count). The predicted molar refractivity (Wildman–Crippen MR) is 87.6 cm³/mol. The average molecular weight is 311 g/mol. The average Bonchev–Trinajstić information content (AvgIpc) is 2.57. The van der Waals surface area contributed by atoms with E-state index in [-0.39, 0.29) is 17.6 Å². The van der Waals surface area contributed by atoms with Crippen molar-refractivity contribution in [1.29, 1.82) is 0 Å². The number of amides is 2. The summed E-state index contributed by atoms with van der Waals surface area (Å²) in [5, 5.41) is 15.8. The molecular formula is C17H17N3O3. The van der Waals surface area contributed by atoms with Crippen LogP contribution in [0.4, 0.5) is 4.79 Å². The number of benzene rings is 2. The molecule has 2 aromatic carbocycles. The molecule has 118 valence electrons. The van der Waals surface area contributed by atoms with E-state index in [1.807, 2.05) is 30.3 Å². The number of carbonyl (C=O) groups excluding carboxylic acids is 2. The Morgan fingerprint density at radius 2 is 1.91 bits per heavy atom. The molecular weight excluding hydrogens is 294 g/mol. The Morgan fingerprint density at radius 1 is 1.17 bits per heavy atom. The standard InChI is InChI=1S/C17H17N3O3/c21-13-7-9-20(10-8-13)17(23)19-18-11-15-14-4-2-1-3-12(14)5-6-16(15)22/h1-6,11,22H,7-10H2,(H,19,23)/b18-11+. The van der Waals surface area contributed by atoms with Gasteiger partial charge in [0.1, 0.15) is 11.5 Å². The fourth-order valence-electron chi connectivity index (χ4n) is 2.60. The molecule has 0 spiro atoms. The zero-order chi connectivity index (χ0) is 16.2. The third kappa shape index (κ3) is 3.31. The maximum atomic E-state index is 12.0. The first-order valence-corrected chi connectivity index (χ1v) is 7.45. The van der Waals surface area contributed by atoms with E-state index in [4.69, 9.17) is 0 Å². The summed E-state index contributed by atoms with van der Waals surface area (Å²) >= 11 is 0. The van der Waals surface area contributed by atoms with Crippen LogP contribution in [-0.4, -0.2) is 41.1 Å². The normalized spacial score (nSPS) is 15.3. The number of aromatic hydroxyl groups is 1. The third-order valence-electron chi connectivity index (χ3n) is 3.91. The minimum Gasteiger partial charge on any atom is -0.507 e. The number of urea groups is 1. The molecule has 0 radical (unpaired) electrons. The predicted octanol–water partition coefficient (Wildman–Crippen LogP) is 2.25. The van der Waals surface area contributed by atoms with E-state index in [1.54, 1.807) is 11.0 Å². The highest BCUT2D eigenvalue weighted by atomic mass is 16.3. The zero-order valence-corrected chi connectivity index (χ0v) is 12.5. The van der Waals surface area contributed by atoms with E-state index in [1.165, 1.54) is 6.21 Å². The number of hydrazone groups is 1. The first-order valence-electron chi connectivity index (χ1n) is 7.45. The summed E-state index contributed by atoms with van der Waals surface area (Å²) in [7, 11) is 0. The van der Waals surface area contributed by atoms with Crippen molar-refractivity contribution in [2.24, 2.45) is 5.10 Å². The van der Waals surface area contributed by atoms with Crippen LogP contribution < -0.4 is 5.43 Å². The molecule has 23 heavy (non-hydrogen) atoms. The lowest BCUT2D eigenvalue weighted by molar-refractivity contribution is -0.120. The number of rotatable bonds is 2. The second-order valence-corrected chi connectivity index (χ2v) is 5.42. The van der Waals surface area contributed by atoms with E-state index < -0.39 is 0 Å². The van der Waals surface area contributed by atoms with Crippen LogP contribution in [0.2, 0.25) is 0 Å². The van der Waals surface area contributed by atoms with E-state index in [9.17, 15) is 14.7 Å². The Balaban J connectivity index is 1.72. The number of nitrogens with zero attached hydrogens (tertiary/aromatic N) is 2. The topological polar surface area (TPSA) is 82.0 Å². The van der Waals surface area contributed by atoms with Crippen LogP contribution in [0.15, 0.2) is 41.5 Å². The summed E-state index contributed by atoms with van der Waals surface area (Å²) in [6, 6.07) is 10.7. The van der Waals surface area contributed by atoms with Gasteiger partial charge in [0.05, 0.1) is 6.21 Å². The lowest BCUT2D eigenvalue weighted by atomic mass is 10.0. The van der Waals surface area contributed by atoms with Gasteiger partial charge in [-0.1, -0.05) is 30.3 Å². The van der Waals surface area contributed by atoms with Crippen molar-refractivity contribution >= 4 is 28.8 Å². The van der Waals surface area contributed by atoms with Crippen molar-refractivity contribution in [3.8, 4) is 5.75 Å². The lowest BCUT2D eigenvalue weighted by Gasteiger charge is -2.24. The zero-order valence-electron chi connectivity index (χ0n) is 12.5. The van der Waals surface area contributed by atoms with E-state index in [0.717, 1.165) is 10.8 Å². The second-order valence-electron chi connectivity index (χ2n) is 5.42. The van der Waals surface area contributed by atoms with E-state index >= 15 is 0 Å². The molecule has 1 fully saturated rings. The van der Waals surface area contributed by atoms with Gasteiger partial charge in [-0.05, 0) is 16.8 Å². The Bertz CT molecular complexity index is 776. The summed E-state index contributed by atoms with van der Waals surface area (Å²) in [5.41, 5.74) is 2.99. The van der Waals surface area contributed by atoms with Crippen LogP contribution in [0.3, 0.4) is 0 Å². The molecule has 6 heteroatoms. The van der Waals surface area contributed by atoms with Gasteiger partial charge in [0.25, 0.3) is 0 Å². The van der Waals surface area contributed by atoms with Crippen molar-refractivity contribution in [2.75, 3.05) is 13.1 Å². The van der Waals surface area contributed by atoms with Crippen LogP contribution in [-0.2, 0) is 4.79 Å². The van der Waals surface area contributed by atoms with Crippen LogP contribution in [0.5, 0.6) is 5.75 Å². The number of phenolic OH excluding ortho intramolecular Hbond substituents is 1. The molecule has 1 saturated heterocycles. The summed E-state index contributed by atoms with van der Waals surface area (Å²) in [6.45, 7) is 0.833. The molecule has 0 bridgehead atoms. The monoisotopic (exact) mass is 311 g/mol. The Hall–Kier alpha value is -2.89. The van der Waals surface area contributed by atoms with Gasteiger partial charge in [0, 0.05) is 31.5 Å². The minimum absolute atomic E-state index is 0.102. The molecule has 0 unspecified atom stereocenters. The van der Waals surface area contributed by atoms with Gasteiger partial charge >= 0.3 is 6.03 Å². The number of carbonyl (C=O) groups is 2. The number of phenols is 1. The number of fused-ring (bicyclic) bond motifs is 1. The summed E-state index contributed by atoms with van der Waals surface area (Å²) in [5.74, 6) is 0.281. The van der Waals surface area contributed by atoms with Gasteiger partial charge in [0.2, 0.25) is 0 Å². The lowest BCUT2D eigenvalue weighted by Crippen LogP contribution is -2.43. The van der Waals surface area contributed by atoms with Crippen molar-refractivity contribution in [3.63, 3.8) is 0 Å².